The molecule has 1 aromatic rings. The molecule has 0 aliphatic rings. The molecule has 0 fully saturated rings. The van der Waals surface area contributed by atoms with Crippen molar-refractivity contribution in [3.8, 4) is 5.75 Å². The van der Waals surface area contributed by atoms with Crippen LogP contribution in [0.15, 0.2) is 30.3 Å². The van der Waals surface area contributed by atoms with Gasteiger partial charge >= 0.3 is 0 Å². The van der Waals surface area contributed by atoms with Crippen molar-refractivity contribution in [2.75, 3.05) is 6.54 Å². The Morgan fingerprint density at radius 1 is 1.50 bits per heavy atom. The highest BCUT2D eigenvalue weighted by Gasteiger charge is 2.14. The number of alkyl halides is 2. The van der Waals surface area contributed by atoms with E-state index in [1.165, 1.54) is 0 Å². The molecule has 2 atom stereocenters. The summed E-state index contributed by atoms with van der Waals surface area (Å²) in [6.07, 6.45) is -0.248. The number of amides is 1. The molecule has 0 saturated carbocycles. The Kier molecular flexibility index (Phi) is 5.05. The van der Waals surface area contributed by atoms with E-state index in [-0.39, 0.29) is 12.6 Å². The molecule has 0 saturated heterocycles. The Labute approximate surface area is 98.5 Å². The fourth-order valence-electron chi connectivity index (χ4n) is 1.09. The van der Waals surface area contributed by atoms with Crippen LogP contribution in [0.1, 0.15) is 6.92 Å². The van der Waals surface area contributed by atoms with Crippen LogP contribution in [0, 0.1) is 0 Å². The fraction of sp³-hybridized carbons (Fsp3) is 0.364. The van der Waals surface area contributed by atoms with Gasteiger partial charge in [-0.25, -0.2) is 4.39 Å². The summed E-state index contributed by atoms with van der Waals surface area (Å²) >= 11 is 4.95. The highest BCUT2D eigenvalue weighted by molar-refractivity contribution is 6.29. The second-order valence-electron chi connectivity index (χ2n) is 3.29. The first-order chi connectivity index (χ1) is 7.59. The molecule has 1 rings (SSSR count). The van der Waals surface area contributed by atoms with Gasteiger partial charge in [0.05, 0.1) is 6.54 Å². The van der Waals surface area contributed by atoms with Crippen LogP contribution in [0.3, 0.4) is 0 Å². The van der Waals surface area contributed by atoms with E-state index >= 15 is 0 Å². The minimum absolute atomic E-state index is 0.209. The molecule has 88 valence electrons. The molecular weight excluding hydrogens is 233 g/mol. The van der Waals surface area contributed by atoms with Gasteiger partial charge in [-0.1, -0.05) is 29.8 Å². The van der Waals surface area contributed by atoms with Crippen molar-refractivity contribution in [3.63, 3.8) is 0 Å². The Balaban J connectivity index is 2.31. The number of carbonyl (C=O) groups is 1. The van der Waals surface area contributed by atoms with E-state index in [1.807, 2.05) is 18.2 Å². The summed E-state index contributed by atoms with van der Waals surface area (Å²) in [6, 6.07) is 9.17. The molecule has 0 spiro atoms. The summed E-state index contributed by atoms with van der Waals surface area (Å²) in [6.45, 7) is 1.98. The lowest BCUT2D eigenvalue weighted by Gasteiger charge is -2.15. The maximum Gasteiger partial charge on any atom is 0.270 e. The summed E-state index contributed by atoms with van der Waals surface area (Å²) in [5.41, 5.74) is -2.01. The van der Waals surface area contributed by atoms with E-state index in [0.29, 0.717) is 5.75 Å². The number of hydrogen-bond donors (Lipinski definition) is 1. The summed E-state index contributed by atoms with van der Waals surface area (Å²) < 4.78 is 17.7. The SMILES string of the molecule is CC(CNC(=O)C(F)Cl)Oc1ccccc1. The minimum atomic E-state index is -2.01. The summed E-state index contributed by atoms with van der Waals surface area (Å²) in [5, 5.41) is 2.33. The van der Waals surface area contributed by atoms with Gasteiger partial charge in [0, 0.05) is 0 Å². The molecule has 1 amide bonds. The number of nitrogens with one attached hydrogen (secondary N) is 1. The molecule has 1 N–H and O–H groups in total. The molecule has 2 unspecified atom stereocenters. The first kappa shape index (κ1) is 12.8. The largest absolute Gasteiger partial charge is 0.489 e. The van der Waals surface area contributed by atoms with E-state index in [9.17, 15) is 9.18 Å². The van der Waals surface area contributed by atoms with Gasteiger partial charge in [-0.2, -0.15) is 0 Å². The van der Waals surface area contributed by atoms with Gasteiger partial charge in [-0.15, -0.1) is 0 Å². The standard InChI is InChI=1S/C11H13ClFNO2/c1-8(7-14-11(15)10(12)13)16-9-5-3-2-4-6-9/h2-6,8,10H,7H2,1H3,(H,14,15). The molecule has 0 radical (unpaired) electrons. The summed E-state index contributed by atoms with van der Waals surface area (Å²) in [5.74, 6) is -0.142. The minimum Gasteiger partial charge on any atom is -0.489 e. The monoisotopic (exact) mass is 245 g/mol. The predicted molar refractivity (Wildman–Crippen MR) is 60.3 cm³/mol. The quantitative estimate of drug-likeness (QED) is 0.807. The summed E-state index contributed by atoms with van der Waals surface area (Å²) in [4.78, 5) is 10.8. The van der Waals surface area contributed by atoms with Crippen LogP contribution in [-0.4, -0.2) is 24.2 Å². The van der Waals surface area contributed by atoms with Gasteiger partial charge in [-0.05, 0) is 19.1 Å². The molecular formula is C11H13ClFNO2. The van der Waals surface area contributed by atoms with E-state index in [0.717, 1.165) is 0 Å². The van der Waals surface area contributed by atoms with Crippen LogP contribution >= 0.6 is 11.6 Å². The average Bonchev–Trinajstić information content (AvgIpc) is 2.27. The molecule has 3 nitrogen and oxygen atoms in total. The van der Waals surface area contributed by atoms with Crippen molar-refractivity contribution in [2.24, 2.45) is 0 Å². The number of benzene rings is 1. The van der Waals surface area contributed by atoms with Gasteiger partial charge in [0.25, 0.3) is 11.5 Å². The van der Waals surface area contributed by atoms with Crippen molar-refractivity contribution in [1.82, 2.24) is 5.32 Å². The highest BCUT2D eigenvalue weighted by Crippen LogP contribution is 2.10. The van der Waals surface area contributed by atoms with Crippen molar-refractivity contribution in [2.45, 2.75) is 18.7 Å². The third-order valence-electron chi connectivity index (χ3n) is 1.84. The Hall–Kier alpha value is -1.29. The maximum absolute atomic E-state index is 12.3. The van der Waals surface area contributed by atoms with E-state index < -0.39 is 11.5 Å². The van der Waals surface area contributed by atoms with Gasteiger partial charge in [0.2, 0.25) is 0 Å². The molecule has 16 heavy (non-hydrogen) atoms. The third kappa shape index (κ3) is 4.49. The van der Waals surface area contributed by atoms with Crippen molar-refractivity contribution < 1.29 is 13.9 Å². The van der Waals surface area contributed by atoms with Crippen LogP contribution in [0.4, 0.5) is 4.39 Å². The zero-order valence-corrected chi connectivity index (χ0v) is 9.58. The van der Waals surface area contributed by atoms with Crippen molar-refractivity contribution >= 4 is 17.5 Å². The number of hydrogen-bond acceptors (Lipinski definition) is 2. The van der Waals surface area contributed by atoms with Crippen molar-refractivity contribution in [1.29, 1.82) is 0 Å². The number of para-hydroxylation sites is 1. The lowest BCUT2D eigenvalue weighted by Crippen LogP contribution is -2.36. The van der Waals surface area contributed by atoms with Crippen LogP contribution in [0.25, 0.3) is 0 Å². The number of ether oxygens (including phenoxy) is 1. The van der Waals surface area contributed by atoms with E-state index in [4.69, 9.17) is 16.3 Å². The van der Waals surface area contributed by atoms with Crippen LogP contribution in [0.2, 0.25) is 0 Å². The lowest BCUT2D eigenvalue weighted by atomic mass is 10.3. The Morgan fingerprint density at radius 3 is 2.69 bits per heavy atom. The van der Waals surface area contributed by atoms with E-state index in [1.54, 1.807) is 19.1 Å². The highest BCUT2D eigenvalue weighted by atomic mass is 35.5. The molecule has 5 heteroatoms. The fourth-order valence-corrected chi connectivity index (χ4v) is 1.17. The number of rotatable bonds is 5. The molecule has 0 aliphatic heterocycles. The van der Waals surface area contributed by atoms with Crippen LogP contribution < -0.4 is 10.1 Å². The lowest BCUT2D eigenvalue weighted by molar-refractivity contribution is -0.123. The molecule has 1 aromatic carbocycles. The maximum atomic E-state index is 12.3. The third-order valence-corrected chi connectivity index (χ3v) is 2.04. The number of carbonyl (C=O) groups excluding carboxylic acids is 1. The second kappa shape index (κ2) is 6.33. The van der Waals surface area contributed by atoms with Crippen molar-refractivity contribution in [3.05, 3.63) is 30.3 Å². The van der Waals surface area contributed by atoms with Crippen LogP contribution in [-0.2, 0) is 4.79 Å². The summed E-state index contributed by atoms with van der Waals surface area (Å²) in [7, 11) is 0. The van der Waals surface area contributed by atoms with E-state index in [2.05, 4.69) is 5.32 Å². The smallest absolute Gasteiger partial charge is 0.270 e. The van der Waals surface area contributed by atoms with Gasteiger partial charge in [0.1, 0.15) is 11.9 Å². The zero-order chi connectivity index (χ0) is 12.0. The van der Waals surface area contributed by atoms with Gasteiger partial charge in [-0.3, -0.25) is 4.79 Å². The Bertz CT molecular complexity index is 332. The molecule has 0 bridgehead atoms. The Morgan fingerprint density at radius 2 is 2.12 bits per heavy atom. The van der Waals surface area contributed by atoms with Crippen LogP contribution in [0.5, 0.6) is 5.75 Å². The normalized spacial score (nSPS) is 13.9. The predicted octanol–water partition coefficient (Wildman–Crippen LogP) is 2.10. The zero-order valence-electron chi connectivity index (χ0n) is 8.82. The topological polar surface area (TPSA) is 38.3 Å². The average molecular weight is 246 g/mol. The molecule has 0 aromatic heterocycles. The second-order valence-corrected chi connectivity index (χ2v) is 3.67. The van der Waals surface area contributed by atoms with Gasteiger partial charge < -0.3 is 10.1 Å². The first-order valence-corrected chi connectivity index (χ1v) is 5.31. The molecule has 0 heterocycles. The molecule has 0 aliphatic carbocycles. The number of halogens is 2. The van der Waals surface area contributed by atoms with Gasteiger partial charge in [0.15, 0.2) is 0 Å². The first-order valence-electron chi connectivity index (χ1n) is 4.87.